The van der Waals surface area contributed by atoms with Crippen molar-refractivity contribution in [2.24, 2.45) is 0 Å². The Morgan fingerprint density at radius 3 is 1.12 bits per heavy atom. The van der Waals surface area contributed by atoms with Crippen LogP contribution in [-0.2, 0) is 22.3 Å². The third kappa shape index (κ3) is 10.3. The largest absolute Gasteiger partial charge is 0.513 e. The summed E-state index contributed by atoms with van der Waals surface area (Å²) in [5, 5.41) is 7.16. The van der Waals surface area contributed by atoms with E-state index in [1.807, 2.05) is 36.4 Å². The molecule has 6 aromatic carbocycles. The van der Waals surface area contributed by atoms with E-state index >= 15 is 0 Å². The van der Waals surface area contributed by atoms with Gasteiger partial charge in [-0.15, -0.1) is 0 Å². The molecular formula is C52H62O6. The fraction of sp³-hybridized carbons (Fsp3) is 0.423. The number of hydrogen-bond acceptors (Lipinski definition) is 6. The van der Waals surface area contributed by atoms with Gasteiger partial charge < -0.3 is 18.9 Å². The zero-order valence-electron chi connectivity index (χ0n) is 35.3. The number of unbranched alkanes of at least 4 members (excludes halogenated alkanes) is 12. The highest BCUT2D eigenvalue weighted by Crippen LogP contribution is 2.50. The van der Waals surface area contributed by atoms with Gasteiger partial charge in [-0.3, -0.25) is 0 Å². The van der Waals surface area contributed by atoms with E-state index in [2.05, 4.69) is 76.2 Å². The lowest BCUT2D eigenvalue weighted by molar-refractivity contribution is 0.0972. The van der Waals surface area contributed by atoms with E-state index in [1.54, 1.807) is 0 Å². The Labute approximate surface area is 345 Å². The second kappa shape index (κ2) is 21.6. The summed E-state index contributed by atoms with van der Waals surface area (Å²) in [6.07, 6.45) is 16.2. The van der Waals surface area contributed by atoms with Gasteiger partial charge in [0, 0.05) is 21.5 Å². The van der Waals surface area contributed by atoms with Gasteiger partial charge >= 0.3 is 12.3 Å². The first-order valence-electron chi connectivity index (χ1n) is 22.1. The number of aryl methyl sites for hydroxylation is 2. The zero-order valence-corrected chi connectivity index (χ0v) is 35.3. The van der Waals surface area contributed by atoms with Crippen LogP contribution in [-0.4, -0.2) is 25.5 Å². The normalized spacial score (nSPS) is 11.4. The van der Waals surface area contributed by atoms with Crippen molar-refractivity contribution in [1.29, 1.82) is 0 Å². The maximum absolute atomic E-state index is 13.3. The number of rotatable bonds is 21. The minimum Gasteiger partial charge on any atom is -0.434 e. The van der Waals surface area contributed by atoms with Crippen molar-refractivity contribution in [3.8, 4) is 22.6 Å². The lowest BCUT2D eigenvalue weighted by atomic mass is 9.84. The molecule has 0 amide bonds. The molecule has 0 atom stereocenters. The molecule has 0 unspecified atom stereocenters. The highest BCUT2D eigenvalue weighted by atomic mass is 16.7. The van der Waals surface area contributed by atoms with Crippen molar-refractivity contribution < 1.29 is 28.5 Å². The van der Waals surface area contributed by atoms with E-state index in [9.17, 15) is 9.59 Å². The van der Waals surface area contributed by atoms with Crippen LogP contribution in [0.5, 0.6) is 11.5 Å². The Balaban J connectivity index is 1.41. The molecule has 0 bridgehead atoms. The molecule has 0 radical (unpaired) electrons. The number of benzene rings is 6. The van der Waals surface area contributed by atoms with Crippen LogP contribution in [0, 0.1) is 0 Å². The zero-order chi connectivity index (χ0) is 40.7. The minimum absolute atomic E-state index is 0.333. The van der Waals surface area contributed by atoms with Gasteiger partial charge in [-0.1, -0.05) is 190 Å². The molecule has 6 rings (SSSR count). The summed E-state index contributed by atoms with van der Waals surface area (Å²) < 4.78 is 23.7. The summed E-state index contributed by atoms with van der Waals surface area (Å²) in [6, 6.07) is 29.1. The first kappa shape index (κ1) is 42.5. The number of ether oxygens (including phenoxy) is 4. The van der Waals surface area contributed by atoms with Crippen molar-refractivity contribution in [2.75, 3.05) is 13.2 Å². The predicted octanol–water partition coefficient (Wildman–Crippen LogP) is 15.6. The molecule has 0 aliphatic heterocycles. The number of fused-ring (bicyclic) bond motifs is 4. The average Bonchev–Trinajstić information content (AvgIpc) is 3.25. The molecular weight excluding hydrogens is 721 g/mol. The third-order valence-corrected chi connectivity index (χ3v) is 11.5. The molecule has 6 nitrogen and oxygen atoms in total. The molecule has 0 spiro atoms. The van der Waals surface area contributed by atoms with Crippen molar-refractivity contribution in [3.05, 3.63) is 96.1 Å². The molecule has 0 saturated carbocycles. The van der Waals surface area contributed by atoms with Gasteiger partial charge in [-0.05, 0) is 69.5 Å². The summed E-state index contributed by atoms with van der Waals surface area (Å²) in [5.74, 6) is 0.987. The summed E-state index contributed by atoms with van der Waals surface area (Å²) in [4.78, 5) is 26.7. The lowest BCUT2D eigenvalue weighted by Crippen LogP contribution is -2.12. The minimum atomic E-state index is -0.686. The second-order valence-corrected chi connectivity index (χ2v) is 15.6. The van der Waals surface area contributed by atoms with Crippen LogP contribution in [0.1, 0.15) is 129 Å². The number of hydrogen-bond donors (Lipinski definition) is 0. The van der Waals surface area contributed by atoms with Gasteiger partial charge in [-0.2, -0.15) is 0 Å². The molecule has 6 heteroatoms. The Kier molecular flexibility index (Phi) is 15.8. The van der Waals surface area contributed by atoms with Crippen molar-refractivity contribution in [2.45, 2.75) is 130 Å². The monoisotopic (exact) mass is 782 g/mol. The Morgan fingerprint density at radius 1 is 0.397 bits per heavy atom. The van der Waals surface area contributed by atoms with Crippen molar-refractivity contribution in [3.63, 3.8) is 0 Å². The van der Waals surface area contributed by atoms with Gasteiger partial charge in [-0.25, -0.2) is 9.59 Å². The topological polar surface area (TPSA) is 71.1 Å². The highest BCUT2D eigenvalue weighted by molar-refractivity contribution is 6.27. The number of carbonyl (C=O) groups excluding carboxylic acids is 2. The van der Waals surface area contributed by atoms with Crippen LogP contribution in [0.2, 0.25) is 0 Å². The molecule has 58 heavy (non-hydrogen) atoms. The van der Waals surface area contributed by atoms with Crippen LogP contribution in [0.3, 0.4) is 0 Å². The van der Waals surface area contributed by atoms with Crippen molar-refractivity contribution in [1.82, 2.24) is 0 Å². The molecule has 0 aliphatic rings. The molecule has 0 aliphatic carbocycles. The average molecular weight is 783 g/mol. The summed E-state index contributed by atoms with van der Waals surface area (Å²) in [7, 11) is 0. The highest BCUT2D eigenvalue weighted by Gasteiger charge is 2.25. The lowest BCUT2D eigenvalue weighted by Gasteiger charge is -2.22. The Hall–Kier alpha value is -5.10. The second-order valence-electron chi connectivity index (χ2n) is 15.6. The van der Waals surface area contributed by atoms with E-state index < -0.39 is 12.3 Å². The van der Waals surface area contributed by atoms with E-state index in [0.717, 1.165) is 106 Å². The first-order chi connectivity index (χ1) is 28.5. The van der Waals surface area contributed by atoms with Gasteiger partial charge in [0.05, 0.1) is 13.2 Å². The predicted molar refractivity (Wildman–Crippen MR) is 241 cm³/mol. The van der Waals surface area contributed by atoms with E-state index in [0.29, 0.717) is 24.7 Å². The maximum atomic E-state index is 13.3. The molecule has 0 heterocycles. The third-order valence-electron chi connectivity index (χ3n) is 11.5. The number of carbonyl (C=O) groups is 2. The van der Waals surface area contributed by atoms with E-state index in [-0.39, 0.29) is 0 Å². The fourth-order valence-electron chi connectivity index (χ4n) is 8.22. The van der Waals surface area contributed by atoms with E-state index in [4.69, 9.17) is 18.9 Å². The van der Waals surface area contributed by atoms with Gasteiger partial charge in [0.25, 0.3) is 0 Å². The molecule has 0 fully saturated rings. The van der Waals surface area contributed by atoms with Gasteiger partial charge in [0.1, 0.15) is 11.5 Å². The molecule has 306 valence electrons. The van der Waals surface area contributed by atoms with Crippen LogP contribution in [0.4, 0.5) is 9.59 Å². The quantitative estimate of drug-likeness (QED) is 0.0313. The van der Waals surface area contributed by atoms with Crippen molar-refractivity contribution >= 4 is 55.4 Å². The maximum Gasteiger partial charge on any atom is 0.513 e. The molecule has 0 N–H and O–H groups in total. The summed E-state index contributed by atoms with van der Waals surface area (Å²) >= 11 is 0. The van der Waals surface area contributed by atoms with Crippen LogP contribution < -0.4 is 9.47 Å². The van der Waals surface area contributed by atoms with Gasteiger partial charge in [0.2, 0.25) is 0 Å². The SMILES string of the molecule is CCCCCCCCCOC(=O)Oc1c2ccccc2c(-c2c3ccccc3c(OC(=O)OCCCCCCCCC)c3ccc(CC)cc23)c2cc(CC)ccc12. The van der Waals surface area contributed by atoms with Crippen LogP contribution in [0.25, 0.3) is 54.2 Å². The Bertz CT molecular complexity index is 2140. The summed E-state index contributed by atoms with van der Waals surface area (Å²) in [6.45, 7) is 9.41. The smallest absolute Gasteiger partial charge is 0.434 e. The van der Waals surface area contributed by atoms with Crippen LogP contribution in [0.15, 0.2) is 84.9 Å². The summed E-state index contributed by atoms with van der Waals surface area (Å²) in [5.41, 5.74) is 4.41. The molecule has 6 aromatic rings. The van der Waals surface area contributed by atoms with Crippen LogP contribution >= 0.6 is 0 Å². The Morgan fingerprint density at radius 2 is 0.741 bits per heavy atom. The molecule has 0 saturated heterocycles. The van der Waals surface area contributed by atoms with Gasteiger partial charge in [0.15, 0.2) is 0 Å². The first-order valence-corrected chi connectivity index (χ1v) is 22.1. The molecule has 0 aromatic heterocycles. The van der Waals surface area contributed by atoms with E-state index in [1.165, 1.54) is 62.5 Å². The standard InChI is InChI=1S/C52H62O6/c1-5-9-11-13-15-17-23-33-55-51(53)57-49-41-27-21-19-25-39(41)47(45-35-37(7-3)29-31-43(45)49)48-40-26-20-22-28-42(40)50(44-32-30-38(8-4)36-46(44)48)58-52(54)56-34-24-18-16-14-12-10-6-2/h19-22,25-32,35-36H,5-18,23-24,33-34H2,1-4H3. The fourth-order valence-corrected chi connectivity index (χ4v) is 8.22.